The van der Waals surface area contributed by atoms with Crippen molar-refractivity contribution in [1.82, 2.24) is 0 Å². The Morgan fingerprint density at radius 2 is 1.86 bits per heavy atom. The van der Waals surface area contributed by atoms with E-state index >= 15 is 0 Å². The Hall–Kier alpha value is -1.06. The van der Waals surface area contributed by atoms with Crippen LogP contribution in [0, 0.1) is 13.8 Å². The van der Waals surface area contributed by atoms with E-state index in [1.54, 1.807) is 13.0 Å². The smallest absolute Gasteiger partial charge is 0.123 e. The highest BCUT2D eigenvalue weighted by Crippen LogP contribution is 2.29. The lowest BCUT2D eigenvalue weighted by Gasteiger charge is -2.18. The lowest BCUT2D eigenvalue weighted by Crippen LogP contribution is -2.23. The molecule has 3 nitrogen and oxygen atoms in total. The number of aliphatic hydroxyl groups excluding tert-OH is 1. The fraction of sp³-hybridized carbons (Fsp3) is 0.455. The van der Waals surface area contributed by atoms with Crippen molar-refractivity contribution in [3.8, 4) is 5.75 Å². The molecule has 0 saturated carbocycles. The number of hydrogen-bond acceptors (Lipinski definition) is 3. The summed E-state index contributed by atoms with van der Waals surface area (Å²) in [5.41, 5.74) is 8.18. The largest absolute Gasteiger partial charge is 0.507 e. The van der Waals surface area contributed by atoms with Crippen molar-refractivity contribution >= 4 is 0 Å². The van der Waals surface area contributed by atoms with E-state index in [0.29, 0.717) is 5.56 Å². The van der Waals surface area contributed by atoms with Gasteiger partial charge in [-0.2, -0.15) is 0 Å². The zero-order valence-electron chi connectivity index (χ0n) is 8.78. The summed E-state index contributed by atoms with van der Waals surface area (Å²) in [6, 6.07) is 3.12. The molecular weight excluding hydrogens is 178 g/mol. The van der Waals surface area contributed by atoms with Crippen LogP contribution < -0.4 is 5.73 Å². The third-order valence-electron chi connectivity index (χ3n) is 2.61. The molecule has 78 valence electrons. The summed E-state index contributed by atoms with van der Waals surface area (Å²) in [5, 5.41) is 19.1. The van der Waals surface area contributed by atoms with Crippen LogP contribution in [0.25, 0.3) is 0 Å². The van der Waals surface area contributed by atoms with Gasteiger partial charge in [0.2, 0.25) is 0 Å². The number of aromatic hydroxyl groups is 1. The van der Waals surface area contributed by atoms with Gasteiger partial charge in [-0.3, -0.25) is 0 Å². The number of benzene rings is 1. The molecule has 2 atom stereocenters. The molecule has 3 heteroatoms. The lowest BCUT2D eigenvalue weighted by atomic mass is 9.97. The summed E-state index contributed by atoms with van der Waals surface area (Å²) in [6.07, 6.45) is -0.664. The molecule has 0 saturated heterocycles. The summed E-state index contributed by atoms with van der Waals surface area (Å²) in [6.45, 7) is 5.37. The second-order valence-electron chi connectivity index (χ2n) is 3.71. The number of aliphatic hydroxyl groups is 1. The summed E-state index contributed by atoms with van der Waals surface area (Å²) < 4.78 is 0. The van der Waals surface area contributed by atoms with Crippen molar-refractivity contribution in [2.75, 3.05) is 0 Å². The van der Waals surface area contributed by atoms with Crippen LogP contribution >= 0.6 is 0 Å². The number of hydrogen-bond donors (Lipinski definition) is 3. The first-order valence-corrected chi connectivity index (χ1v) is 4.68. The van der Waals surface area contributed by atoms with Gasteiger partial charge in [-0.1, -0.05) is 12.1 Å². The van der Waals surface area contributed by atoms with Gasteiger partial charge >= 0.3 is 0 Å². The highest BCUT2D eigenvalue weighted by molar-refractivity contribution is 5.45. The van der Waals surface area contributed by atoms with Crippen molar-refractivity contribution in [3.05, 3.63) is 28.8 Å². The van der Waals surface area contributed by atoms with Crippen LogP contribution in [0.15, 0.2) is 12.1 Å². The normalized spacial score (nSPS) is 15.2. The van der Waals surface area contributed by atoms with Crippen LogP contribution in [0.4, 0.5) is 0 Å². The maximum Gasteiger partial charge on any atom is 0.123 e. The van der Waals surface area contributed by atoms with Gasteiger partial charge in [0.1, 0.15) is 5.75 Å². The van der Waals surface area contributed by atoms with Crippen molar-refractivity contribution in [2.24, 2.45) is 5.73 Å². The van der Waals surface area contributed by atoms with Crippen molar-refractivity contribution in [1.29, 1.82) is 0 Å². The third kappa shape index (κ3) is 1.89. The van der Waals surface area contributed by atoms with Crippen LogP contribution in [0.2, 0.25) is 0 Å². The van der Waals surface area contributed by atoms with E-state index in [1.807, 2.05) is 19.9 Å². The summed E-state index contributed by atoms with van der Waals surface area (Å²) in [5.74, 6) is 0.193. The number of rotatable bonds is 2. The van der Waals surface area contributed by atoms with Crippen LogP contribution in [0.3, 0.4) is 0 Å². The SMILES string of the molecule is Cc1ccc([C@H](N)[C@H](C)O)c(O)c1C. The van der Waals surface area contributed by atoms with Gasteiger partial charge in [-0.15, -0.1) is 0 Å². The van der Waals surface area contributed by atoms with E-state index in [2.05, 4.69) is 0 Å². The highest BCUT2D eigenvalue weighted by atomic mass is 16.3. The Labute approximate surface area is 84.2 Å². The minimum atomic E-state index is -0.664. The summed E-state index contributed by atoms with van der Waals surface area (Å²) in [7, 11) is 0. The van der Waals surface area contributed by atoms with Crippen molar-refractivity contribution < 1.29 is 10.2 Å². The molecule has 1 rings (SSSR count). The first-order chi connectivity index (χ1) is 6.45. The monoisotopic (exact) mass is 195 g/mol. The van der Waals surface area contributed by atoms with Gasteiger partial charge in [0.25, 0.3) is 0 Å². The first-order valence-electron chi connectivity index (χ1n) is 4.68. The molecule has 0 amide bonds. The standard InChI is InChI=1S/C11H17NO2/c1-6-4-5-9(10(12)8(3)13)11(14)7(6)2/h4-5,8,10,13-14H,12H2,1-3H3/t8-,10+/m0/s1. The van der Waals surface area contributed by atoms with Gasteiger partial charge in [0.15, 0.2) is 0 Å². The number of nitrogens with two attached hydrogens (primary N) is 1. The van der Waals surface area contributed by atoms with Crippen LogP contribution in [0.5, 0.6) is 5.75 Å². The molecule has 0 radical (unpaired) electrons. The minimum Gasteiger partial charge on any atom is -0.507 e. The molecule has 0 fully saturated rings. The molecule has 1 aromatic carbocycles. The number of phenols is 1. The summed E-state index contributed by atoms with van der Waals surface area (Å²) >= 11 is 0. The van der Waals surface area contributed by atoms with Crippen LogP contribution in [-0.2, 0) is 0 Å². The van der Waals surface area contributed by atoms with Gasteiger partial charge in [-0.25, -0.2) is 0 Å². The van der Waals surface area contributed by atoms with Gasteiger partial charge in [0.05, 0.1) is 12.1 Å². The van der Waals surface area contributed by atoms with Crippen LogP contribution in [0.1, 0.15) is 29.7 Å². The van der Waals surface area contributed by atoms with E-state index in [-0.39, 0.29) is 5.75 Å². The van der Waals surface area contributed by atoms with E-state index in [9.17, 15) is 10.2 Å². The zero-order chi connectivity index (χ0) is 10.9. The second-order valence-corrected chi connectivity index (χ2v) is 3.71. The van der Waals surface area contributed by atoms with Gasteiger partial charge in [-0.05, 0) is 31.9 Å². The van der Waals surface area contributed by atoms with Gasteiger partial charge in [0, 0.05) is 5.56 Å². The fourth-order valence-corrected chi connectivity index (χ4v) is 1.35. The minimum absolute atomic E-state index is 0.193. The molecule has 0 heterocycles. The Balaban J connectivity index is 3.17. The second kappa shape index (κ2) is 3.98. The Bertz CT molecular complexity index is 334. The van der Waals surface area contributed by atoms with E-state index in [1.165, 1.54) is 0 Å². The van der Waals surface area contributed by atoms with E-state index in [0.717, 1.165) is 11.1 Å². The fourth-order valence-electron chi connectivity index (χ4n) is 1.35. The predicted octanol–water partition coefficient (Wildman–Crippen LogP) is 1.39. The molecule has 0 spiro atoms. The molecule has 0 aliphatic heterocycles. The Kier molecular flexibility index (Phi) is 3.13. The number of phenolic OH excluding ortho intramolecular Hbond substituents is 1. The molecule has 4 N–H and O–H groups in total. The maximum atomic E-state index is 9.81. The zero-order valence-corrected chi connectivity index (χ0v) is 8.78. The Morgan fingerprint density at radius 1 is 1.29 bits per heavy atom. The first kappa shape index (κ1) is 11.0. The predicted molar refractivity (Wildman–Crippen MR) is 56.2 cm³/mol. The molecule has 0 aromatic heterocycles. The molecule has 14 heavy (non-hydrogen) atoms. The van der Waals surface area contributed by atoms with Crippen molar-refractivity contribution in [3.63, 3.8) is 0 Å². The topological polar surface area (TPSA) is 66.5 Å². The molecule has 0 unspecified atom stereocenters. The third-order valence-corrected chi connectivity index (χ3v) is 2.61. The quantitative estimate of drug-likeness (QED) is 0.668. The maximum absolute atomic E-state index is 9.81. The Morgan fingerprint density at radius 3 is 2.36 bits per heavy atom. The lowest BCUT2D eigenvalue weighted by molar-refractivity contribution is 0.163. The van der Waals surface area contributed by atoms with E-state index in [4.69, 9.17) is 5.73 Å². The molecule has 0 aliphatic rings. The summed E-state index contributed by atoms with van der Waals surface area (Å²) in [4.78, 5) is 0. The molecule has 0 aliphatic carbocycles. The molecule has 1 aromatic rings. The number of aryl methyl sites for hydroxylation is 1. The molecule has 0 bridgehead atoms. The molecular formula is C11H17NO2. The van der Waals surface area contributed by atoms with Crippen LogP contribution in [-0.4, -0.2) is 16.3 Å². The average Bonchev–Trinajstić information content (AvgIpc) is 2.13. The highest BCUT2D eigenvalue weighted by Gasteiger charge is 2.17. The van der Waals surface area contributed by atoms with Gasteiger partial charge < -0.3 is 15.9 Å². The van der Waals surface area contributed by atoms with E-state index < -0.39 is 12.1 Å². The van der Waals surface area contributed by atoms with Crippen molar-refractivity contribution in [2.45, 2.75) is 32.9 Å². The average molecular weight is 195 g/mol.